The van der Waals surface area contributed by atoms with Gasteiger partial charge in [0.15, 0.2) is 11.7 Å². The van der Waals surface area contributed by atoms with E-state index in [4.69, 9.17) is 30.6 Å². The van der Waals surface area contributed by atoms with Crippen molar-refractivity contribution in [2.45, 2.75) is 30.7 Å². The third-order valence-electron chi connectivity index (χ3n) is 3.53. The highest BCUT2D eigenvalue weighted by molar-refractivity contribution is 6.32. The van der Waals surface area contributed by atoms with Crippen LogP contribution in [0.5, 0.6) is 5.75 Å². The van der Waals surface area contributed by atoms with Gasteiger partial charge in [0.25, 0.3) is 0 Å². The van der Waals surface area contributed by atoms with Gasteiger partial charge in [-0.25, -0.2) is 9.59 Å². The summed E-state index contributed by atoms with van der Waals surface area (Å²) < 4.78 is 15.1. The molecule has 0 bridgehead atoms. The van der Waals surface area contributed by atoms with Crippen molar-refractivity contribution in [2.75, 3.05) is 0 Å². The summed E-state index contributed by atoms with van der Waals surface area (Å²) in [6.45, 7) is 0. The molecule has 2 heterocycles. The second-order valence-electron chi connectivity index (χ2n) is 5.15. The largest absolute Gasteiger partial charge is 0.479 e. The first-order valence-electron chi connectivity index (χ1n) is 6.69. The van der Waals surface area contributed by atoms with E-state index >= 15 is 0 Å². The SMILES string of the molecule is O=C(O)[C@H]1O[C@@H](Oc2cc3oc(=O)[nH]c3cc2Cl)[C@H](O)[C@@H](O)[C@@H]1O. The molecule has 130 valence electrons. The maximum atomic E-state index is 11.2. The number of rotatable bonds is 3. The summed E-state index contributed by atoms with van der Waals surface area (Å²) in [7, 11) is 0. The molecule has 2 aromatic rings. The van der Waals surface area contributed by atoms with Gasteiger partial charge in [-0.05, 0) is 6.07 Å². The van der Waals surface area contributed by atoms with Gasteiger partial charge < -0.3 is 34.3 Å². The van der Waals surface area contributed by atoms with E-state index in [0.29, 0.717) is 5.52 Å². The lowest BCUT2D eigenvalue weighted by Crippen LogP contribution is -2.61. The molecular weight excluding hydrogens is 350 g/mol. The van der Waals surface area contributed by atoms with Crippen LogP contribution in [-0.4, -0.2) is 62.1 Å². The van der Waals surface area contributed by atoms with Crippen molar-refractivity contribution >= 4 is 28.7 Å². The number of aliphatic hydroxyl groups excluding tert-OH is 3. The molecule has 1 saturated heterocycles. The number of ether oxygens (including phenoxy) is 2. The number of halogens is 1. The van der Waals surface area contributed by atoms with Gasteiger partial charge in [-0.3, -0.25) is 4.98 Å². The minimum atomic E-state index is -1.84. The fraction of sp³-hybridized carbons (Fsp3) is 0.385. The molecule has 3 rings (SSSR count). The fourth-order valence-electron chi connectivity index (χ4n) is 2.32. The van der Waals surface area contributed by atoms with Crippen LogP contribution in [0.15, 0.2) is 21.3 Å². The number of carboxylic acids is 1. The Morgan fingerprint density at radius 2 is 1.92 bits per heavy atom. The molecule has 11 heteroatoms. The second kappa shape index (κ2) is 6.07. The molecule has 24 heavy (non-hydrogen) atoms. The number of carbonyl (C=O) groups is 1. The zero-order valence-electron chi connectivity index (χ0n) is 11.7. The topological polar surface area (TPSA) is 162 Å². The summed E-state index contributed by atoms with van der Waals surface area (Å²) in [4.78, 5) is 24.6. The van der Waals surface area contributed by atoms with E-state index in [2.05, 4.69) is 4.98 Å². The molecule has 1 aromatic carbocycles. The molecule has 0 aliphatic carbocycles. The number of benzene rings is 1. The van der Waals surface area contributed by atoms with Crippen LogP contribution in [0.4, 0.5) is 0 Å². The van der Waals surface area contributed by atoms with Crippen LogP contribution in [0.1, 0.15) is 0 Å². The van der Waals surface area contributed by atoms with Crippen LogP contribution in [0.2, 0.25) is 5.02 Å². The number of oxazole rings is 1. The molecular formula is C13H12ClNO9. The van der Waals surface area contributed by atoms with Crippen LogP contribution in [-0.2, 0) is 9.53 Å². The van der Waals surface area contributed by atoms with E-state index in [0.717, 1.165) is 0 Å². The highest BCUT2D eigenvalue weighted by Crippen LogP contribution is 2.32. The first-order chi connectivity index (χ1) is 11.3. The van der Waals surface area contributed by atoms with Crippen molar-refractivity contribution in [3.8, 4) is 5.75 Å². The number of carboxylic acid groups (broad SMARTS) is 1. The number of aliphatic carboxylic acids is 1. The molecule has 0 unspecified atom stereocenters. The Morgan fingerprint density at radius 3 is 2.58 bits per heavy atom. The van der Waals surface area contributed by atoms with E-state index in [-0.39, 0.29) is 16.4 Å². The molecule has 0 saturated carbocycles. The Labute approximate surface area is 137 Å². The molecule has 1 fully saturated rings. The summed E-state index contributed by atoms with van der Waals surface area (Å²) in [6, 6.07) is 2.56. The average molecular weight is 362 g/mol. The highest BCUT2D eigenvalue weighted by atomic mass is 35.5. The number of H-pyrrole nitrogens is 1. The van der Waals surface area contributed by atoms with Crippen molar-refractivity contribution in [1.82, 2.24) is 4.98 Å². The van der Waals surface area contributed by atoms with Crippen molar-refractivity contribution in [3.05, 3.63) is 27.7 Å². The third kappa shape index (κ3) is 2.85. The monoisotopic (exact) mass is 361 g/mol. The lowest BCUT2D eigenvalue weighted by molar-refractivity contribution is -0.271. The predicted molar refractivity (Wildman–Crippen MR) is 76.8 cm³/mol. The summed E-state index contributed by atoms with van der Waals surface area (Å²) in [5, 5.41) is 38.2. The molecule has 1 aliphatic heterocycles. The van der Waals surface area contributed by atoms with Gasteiger partial charge in [0.05, 0.1) is 10.5 Å². The summed E-state index contributed by atoms with van der Waals surface area (Å²) in [5.74, 6) is -2.33. The van der Waals surface area contributed by atoms with Crippen molar-refractivity contribution < 1.29 is 39.1 Å². The lowest BCUT2D eigenvalue weighted by atomic mass is 9.99. The maximum absolute atomic E-state index is 11.2. The molecule has 5 atom stereocenters. The van der Waals surface area contributed by atoms with Gasteiger partial charge in [-0.15, -0.1) is 0 Å². The van der Waals surface area contributed by atoms with Crippen LogP contribution in [0.3, 0.4) is 0 Å². The average Bonchev–Trinajstić information content (AvgIpc) is 2.86. The van der Waals surface area contributed by atoms with Gasteiger partial charge in [-0.1, -0.05) is 11.6 Å². The van der Waals surface area contributed by atoms with E-state index in [1.54, 1.807) is 0 Å². The Kier molecular flexibility index (Phi) is 4.24. The number of aliphatic hydroxyl groups is 3. The van der Waals surface area contributed by atoms with Crippen LogP contribution < -0.4 is 10.5 Å². The predicted octanol–water partition coefficient (Wildman–Crippen LogP) is -0.955. The number of aromatic amines is 1. The van der Waals surface area contributed by atoms with E-state index in [9.17, 15) is 24.9 Å². The number of hydrogen-bond donors (Lipinski definition) is 5. The van der Waals surface area contributed by atoms with Gasteiger partial charge >= 0.3 is 11.7 Å². The molecule has 0 spiro atoms. The van der Waals surface area contributed by atoms with Crippen molar-refractivity contribution in [1.29, 1.82) is 0 Å². The molecule has 1 aliphatic rings. The Hall–Kier alpha value is -2.11. The smallest absolute Gasteiger partial charge is 0.417 e. The molecule has 5 N–H and O–H groups in total. The molecule has 0 amide bonds. The minimum Gasteiger partial charge on any atom is -0.479 e. The first kappa shape index (κ1) is 16.7. The number of nitrogens with one attached hydrogen (secondary N) is 1. The zero-order chi connectivity index (χ0) is 17.6. The number of aromatic nitrogens is 1. The maximum Gasteiger partial charge on any atom is 0.417 e. The molecule has 10 nitrogen and oxygen atoms in total. The van der Waals surface area contributed by atoms with E-state index in [1.165, 1.54) is 12.1 Å². The van der Waals surface area contributed by atoms with Gasteiger partial charge in [0, 0.05) is 6.07 Å². The number of fused-ring (bicyclic) bond motifs is 1. The number of hydrogen-bond acceptors (Lipinski definition) is 8. The molecule has 1 aromatic heterocycles. The Balaban J connectivity index is 1.90. The Morgan fingerprint density at radius 1 is 1.21 bits per heavy atom. The summed E-state index contributed by atoms with van der Waals surface area (Å²) in [5.41, 5.74) is 0.418. The quantitative estimate of drug-likeness (QED) is 0.463. The Bertz CT molecular complexity index is 830. The lowest BCUT2D eigenvalue weighted by Gasteiger charge is -2.38. The fourth-order valence-corrected chi connectivity index (χ4v) is 2.53. The zero-order valence-corrected chi connectivity index (χ0v) is 12.5. The summed E-state index contributed by atoms with van der Waals surface area (Å²) >= 11 is 5.99. The van der Waals surface area contributed by atoms with Crippen LogP contribution in [0.25, 0.3) is 11.1 Å². The van der Waals surface area contributed by atoms with Gasteiger partial charge in [0.1, 0.15) is 24.1 Å². The second-order valence-corrected chi connectivity index (χ2v) is 5.55. The van der Waals surface area contributed by atoms with Crippen molar-refractivity contribution in [3.63, 3.8) is 0 Å². The normalized spacial score (nSPS) is 30.4. The molecule has 0 radical (unpaired) electrons. The van der Waals surface area contributed by atoms with Crippen LogP contribution >= 0.6 is 11.6 Å². The van der Waals surface area contributed by atoms with E-state index < -0.39 is 42.4 Å². The van der Waals surface area contributed by atoms with E-state index in [1.807, 2.05) is 0 Å². The van der Waals surface area contributed by atoms with Gasteiger partial charge in [0.2, 0.25) is 6.29 Å². The highest BCUT2D eigenvalue weighted by Gasteiger charge is 2.48. The first-order valence-corrected chi connectivity index (χ1v) is 7.07. The standard InChI is InChI=1S/C13H12ClNO9/c14-3-1-4-6(23-13(21)15-4)2-5(3)22-12-9(18)7(16)8(17)10(24-12)11(19)20/h1-2,7-10,12,16-18H,(H,15,21)(H,19,20)/t7-,8-,9+,10-,12+/m0/s1. The summed E-state index contributed by atoms with van der Waals surface area (Å²) in [6.07, 6.45) is -8.80. The van der Waals surface area contributed by atoms with Crippen LogP contribution in [0, 0.1) is 0 Å². The van der Waals surface area contributed by atoms with Crippen molar-refractivity contribution in [2.24, 2.45) is 0 Å². The van der Waals surface area contributed by atoms with Gasteiger partial charge in [-0.2, -0.15) is 0 Å². The third-order valence-corrected chi connectivity index (χ3v) is 3.82. The minimum absolute atomic E-state index is 0.0165.